The number of benzene rings is 1. The van der Waals surface area contributed by atoms with E-state index in [0.717, 1.165) is 25.1 Å². The van der Waals surface area contributed by atoms with Crippen molar-refractivity contribution >= 4 is 5.91 Å². The van der Waals surface area contributed by atoms with Gasteiger partial charge in [-0.15, -0.1) is 10.2 Å². The van der Waals surface area contributed by atoms with E-state index in [1.54, 1.807) is 10.9 Å². The number of nitrogens with one attached hydrogen (secondary N) is 1. The van der Waals surface area contributed by atoms with Crippen molar-refractivity contribution in [3.05, 3.63) is 60.3 Å². The normalized spacial score (nSPS) is 17.2. The Balaban J connectivity index is 1.41. The van der Waals surface area contributed by atoms with Crippen LogP contribution in [0.1, 0.15) is 41.0 Å². The minimum absolute atomic E-state index is 0.139. The number of hydrogen-bond acceptors (Lipinski definition) is 6. The van der Waals surface area contributed by atoms with Crippen LogP contribution in [0, 0.1) is 0 Å². The van der Waals surface area contributed by atoms with Crippen LogP contribution in [0.5, 0.6) is 0 Å². The average Bonchev–Trinajstić information content (AvgIpc) is 3.37. The van der Waals surface area contributed by atoms with Crippen LogP contribution < -0.4 is 5.32 Å². The number of ether oxygens (including phenoxy) is 1. The molecule has 1 fully saturated rings. The average molecular weight is 353 g/mol. The molecule has 1 unspecified atom stereocenters. The van der Waals surface area contributed by atoms with E-state index in [-0.39, 0.29) is 18.4 Å². The molecule has 0 radical (unpaired) electrons. The van der Waals surface area contributed by atoms with Gasteiger partial charge in [0.15, 0.2) is 0 Å². The van der Waals surface area contributed by atoms with Gasteiger partial charge in [-0.25, -0.2) is 4.98 Å². The van der Waals surface area contributed by atoms with Gasteiger partial charge in [0.2, 0.25) is 11.8 Å². The first-order valence-electron chi connectivity index (χ1n) is 8.57. The lowest BCUT2D eigenvalue weighted by Crippen LogP contribution is -2.25. The van der Waals surface area contributed by atoms with Crippen molar-refractivity contribution in [2.75, 3.05) is 13.2 Å². The Kier molecular flexibility index (Phi) is 4.74. The highest BCUT2D eigenvalue weighted by molar-refractivity contribution is 5.92. The SMILES string of the molecule is O=C(NCc1nnc(C2CCCOC2)o1)c1cncn1-c1ccccc1. The molecule has 26 heavy (non-hydrogen) atoms. The Morgan fingerprint density at radius 3 is 2.96 bits per heavy atom. The summed E-state index contributed by atoms with van der Waals surface area (Å²) in [5.41, 5.74) is 1.31. The Hall–Kier alpha value is -3.00. The molecule has 1 atom stereocenters. The van der Waals surface area contributed by atoms with Crippen LogP contribution in [-0.4, -0.2) is 38.9 Å². The highest BCUT2D eigenvalue weighted by atomic mass is 16.5. The summed E-state index contributed by atoms with van der Waals surface area (Å²) >= 11 is 0. The number of rotatable bonds is 5. The third-order valence-corrected chi connectivity index (χ3v) is 4.30. The molecule has 8 nitrogen and oxygen atoms in total. The van der Waals surface area contributed by atoms with Crippen LogP contribution in [0.2, 0.25) is 0 Å². The van der Waals surface area contributed by atoms with E-state index < -0.39 is 0 Å². The van der Waals surface area contributed by atoms with Gasteiger partial charge in [0.05, 0.1) is 31.6 Å². The van der Waals surface area contributed by atoms with Gasteiger partial charge in [-0.05, 0) is 25.0 Å². The molecule has 8 heteroatoms. The van der Waals surface area contributed by atoms with Crippen molar-refractivity contribution in [3.8, 4) is 5.69 Å². The summed E-state index contributed by atoms with van der Waals surface area (Å²) in [5.74, 6) is 0.834. The molecule has 0 bridgehead atoms. The second-order valence-corrected chi connectivity index (χ2v) is 6.12. The maximum atomic E-state index is 12.5. The van der Waals surface area contributed by atoms with Gasteiger partial charge >= 0.3 is 0 Å². The second kappa shape index (κ2) is 7.49. The first kappa shape index (κ1) is 16.5. The first-order chi connectivity index (χ1) is 12.8. The molecule has 3 aromatic rings. The number of carbonyl (C=O) groups is 1. The second-order valence-electron chi connectivity index (χ2n) is 6.12. The van der Waals surface area contributed by atoms with Crippen molar-refractivity contribution in [1.29, 1.82) is 0 Å². The van der Waals surface area contributed by atoms with Gasteiger partial charge in [-0.3, -0.25) is 9.36 Å². The molecule has 1 N–H and O–H groups in total. The van der Waals surface area contributed by atoms with Gasteiger partial charge in [0, 0.05) is 12.3 Å². The summed E-state index contributed by atoms with van der Waals surface area (Å²) in [6.07, 6.45) is 5.10. The van der Waals surface area contributed by atoms with Crippen molar-refractivity contribution in [3.63, 3.8) is 0 Å². The zero-order chi connectivity index (χ0) is 17.8. The zero-order valence-corrected chi connectivity index (χ0v) is 14.2. The Labute approximate surface area is 150 Å². The summed E-state index contributed by atoms with van der Waals surface area (Å²) in [5, 5.41) is 10.9. The number of carbonyl (C=O) groups excluding carboxylic acids is 1. The molecule has 1 aromatic carbocycles. The smallest absolute Gasteiger partial charge is 0.270 e. The van der Waals surface area contributed by atoms with Crippen molar-refractivity contribution in [2.45, 2.75) is 25.3 Å². The number of aromatic nitrogens is 4. The van der Waals surface area contributed by atoms with Gasteiger partial charge in [0.25, 0.3) is 5.91 Å². The maximum absolute atomic E-state index is 12.5. The van der Waals surface area contributed by atoms with Gasteiger partial charge in [0.1, 0.15) is 5.69 Å². The molecule has 1 amide bonds. The molecule has 2 aromatic heterocycles. The molecule has 4 rings (SSSR count). The lowest BCUT2D eigenvalue weighted by atomic mass is 10.0. The van der Waals surface area contributed by atoms with E-state index in [2.05, 4.69) is 20.5 Å². The van der Waals surface area contributed by atoms with E-state index in [1.165, 1.54) is 6.20 Å². The van der Waals surface area contributed by atoms with Crippen LogP contribution in [-0.2, 0) is 11.3 Å². The largest absolute Gasteiger partial charge is 0.423 e. The lowest BCUT2D eigenvalue weighted by molar-refractivity contribution is 0.0720. The Morgan fingerprint density at radius 2 is 2.15 bits per heavy atom. The van der Waals surface area contributed by atoms with Crippen LogP contribution in [0.4, 0.5) is 0 Å². The predicted octanol–water partition coefficient (Wildman–Crippen LogP) is 2.08. The molecule has 0 spiro atoms. The predicted molar refractivity (Wildman–Crippen MR) is 91.8 cm³/mol. The standard InChI is InChI=1S/C18H19N5O3/c24-17(15-9-19-12-23(15)14-6-2-1-3-7-14)20-10-16-21-22-18(26-16)13-5-4-8-25-11-13/h1-3,6-7,9,12-13H,4-5,8,10-11H2,(H,20,24). The summed E-state index contributed by atoms with van der Waals surface area (Å²) in [6.45, 7) is 1.55. The Bertz CT molecular complexity index is 868. The number of hydrogen-bond donors (Lipinski definition) is 1. The summed E-state index contributed by atoms with van der Waals surface area (Å²) in [4.78, 5) is 16.6. The zero-order valence-electron chi connectivity index (χ0n) is 14.2. The van der Waals surface area contributed by atoms with Crippen molar-refractivity contribution < 1.29 is 13.9 Å². The summed E-state index contributed by atoms with van der Waals surface area (Å²) in [6, 6.07) is 9.56. The van der Waals surface area contributed by atoms with E-state index in [4.69, 9.17) is 9.15 Å². The summed E-state index contributed by atoms with van der Waals surface area (Å²) in [7, 11) is 0. The third-order valence-electron chi connectivity index (χ3n) is 4.30. The molecule has 3 heterocycles. The van der Waals surface area contributed by atoms with Gasteiger partial charge in [-0.2, -0.15) is 0 Å². The molecule has 0 aliphatic carbocycles. The molecule has 0 saturated carbocycles. The van der Waals surface area contributed by atoms with Crippen LogP contribution in [0.15, 0.2) is 47.3 Å². The topological polar surface area (TPSA) is 95.1 Å². The molecule has 1 saturated heterocycles. The number of para-hydroxylation sites is 1. The van der Waals surface area contributed by atoms with Crippen LogP contribution in [0.3, 0.4) is 0 Å². The fourth-order valence-corrected chi connectivity index (χ4v) is 2.94. The molecular weight excluding hydrogens is 334 g/mol. The third kappa shape index (κ3) is 3.50. The number of nitrogens with zero attached hydrogens (tertiary/aromatic N) is 4. The van der Waals surface area contributed by atoms with Crippen LogP contribution >= 0.6 is 0 Å². The van der Waals surface area contributed by atoms with Crippen LogP contribution in [0.25, 0.3) is 5.69 Å². The van der Waals surface area contributed by atoms with Gasteiger partial charge in [-0.1, -0.05) is 18.2 Å². The van der Waals surface area contributed by atoms with Crippen molar-refractivity contribution in [2.24, 2.45) is 0 Å². The van der Waals surface area contributed by atoms with Gasteiger partial charge < -0.3 is 14.5 Å². The highest BCUT2D eigenvalue weighted by Gasteiger charge is 2.22. The molecular formula is C18H19N5O3. The fraction of sp³-hybridized carbons (Fsp3) is 0.333. The molecule has 134 valence electrons. The Morgan fingerprint density at radius 1 is 1.27 bits per heavy atom. The number of imidazole rings is 1. The first-order valence-corrected chi connectivity index (χ1v) is 8.57. The molecule has 1 aliphatic heterocycles. The minimum atomic E-state index is -0.257. The lowest BCUT2D eigenvalue weighted by Gasteiger charge is -2.18. The maximum Gasteiger partial charge on any atom is 0.270 e. The van der Waals surface area contributed by atoms with E-state index >= 15 is 0 Å². The summed E-state index contributed by atoms with van der Waals surface area (Å²) < 4.78 is 12.8. The van der Waals surface area contributed by atoms with E-state index in [1.807, 2.05) is 30.3 Å². The van der Waals surface area contributed by atoms with E-state index in [9.17, 15) is 4.79 Å². The quantitative estimate of drug-likeness (QED) is 0.754. The highest BCUT2D eigenvalue weighted by Crippen LogP contribution is 2.24. The van der Waals surface area contributed by atoms with Crippen molar-refractivity contribution in [1.82, 2.24) is 25.1 Å². The van der Waals surface area contributed by atoms with E-state index in [0.29, 0.717) is 24.1 Å². The fourth-order valence-electron chi connectivity index (χ4n) is 2.94. The molecule has 1 aliphatic rings. The minimum Gasteiger partial charge on any atom is -0.423 e. The number of amides is 1. The monoisotopic (exact) mass is 353 g/mol.